The molecular formula is C15H18ClF3N4O. The number of aromatic amines is 1. The smallest absolute Gasteiger partial charge is 0.326 e. The SMILES string of the molecule is CC(C)c1cc(C(=O)Nc2cc(CN)cc(C(F)(F)F)c2)n[nH]1.Cl. The molecule has 0 spiro atoms. The van der Waals surface area contributed by atoms with Gasteiger partial charge in [-0.2, -0.15) is 18.3 Å². The molecule has 0 aliphatic heterocycles. The molecule has 2 rings (SSSR count). The van der Waals surface area contributed by atoms with Gasteiger partial charge >= 0.3 is 6.18 Å². The van der Waals surface area contributed by atoms with E-state index in [1.54, 1.807) is 6.07 Å². The predicted molar refractivity (Wildman–Crippen MR) is 87.2 cm³/mol. The van der Waals surface area contributed by atoms with Crippen LogP contribution >= 0.6 is 12.4 Å². The van der Waals surface area contributed by atoms with Crippen LogP contribution in [0, 0.1) is 0 Å². The van der Waals surface area contributed by atoms with Crippen molar-refractivity contribution in [3.63, 3.8) is 0 Å². The zero-order valence-corrected chi connectivity index (χ0v) is 13.9. The van der Waals surface area contributed by atoms with E-state index in [0.717, 1.165) is 17.8 Å². The third-order valence-electron chi connectivity index (χ3n) is 3.27. The van der Waals surface area contributed by atoms with Crippen LogP contribution in [0.3, 0.4) is 0 Å². The lowest BCUT2D eigenvalue weighted by Gasteiger charge is -2.12. The van der Waals surface area contributed by atoms with Crippen molar-refractivity contribution in [3.8, 4) is 0 Å². The number of rotatable bonds is 4. The Balaban J connectivity index is 0.00000288. The highest BCUT2D eigenvalue weighted by atomic mass is 35.5. The first-order valence-corrected chi connectivity index (χ1v) is 6.98. The molecule has 24 heavy (non-hydrogen) atoms. The number of carbonyl (C=O) groups excluding carboxylic acids is 1. The van der Waals surface area contributed by atoms with Crippen LogP contribution in [0.4, 0.5) is 18.9 Å². The van der Waals surface area contributed by atoms with Gasteiger partial charge in [0.1, 0.15) is 0 Å². The number of nitrogens with one attached hydrogen (secondary N) is 2. The summed E-state index contributed by atoms with van der Waals surface area (Å²) in [5.41, 5.74) is 5.73. The lowest BCUT2D eigenvalue weighted by Crippen LogP contribution is -2.14. The second-order valence-electron chi connectivity index (χ2n) is 5.44. The molecule has 0 radical (unpaired) electrons. The second-order valence-corrected chi connectivity index (χ2v) is 5.44. The van der Waals surface area contributed by atoms with Gasteiger partial charge in [-0.3, -0.25) is 9.89 Å². The van der Waals surface area contributed by atoms with E-state index in [2.05, 4.69) is 15.5 Å². The fourth-order valence-electron chi connectivity index (χ4n) is 1.99. The number of H-pyrrole nitrogens is 1. The highest BCUT2D eigenvalue weighted by Crippen LogP contribution is 2.32. The molecule has 0 bridgehead atoms. The number of aromatic nitrogens is 2. The van der Waals surface area contributed by atoms with Crippen LogP contribution in [0.1, 0.15) is 47.1 Å². The number of nitrogens with two attached hydrogens (primary N) is 1. The number of halogens is 4. The van der Waals surface area contributed by atoms with Gasteiger partial charge in [0.15, 0.2) is 5.69 Å². The van der Waals surface area contributed by atoms with E-state index < -0.39 is 17.6 Å². The van der Waals surface area contributed by atoms with Crippen LogP contribution in [0.15, 0.2) is 24.3 Å². The third-order valence-corrected chi connectivity index (χ3v) is 3.27. The van der Waals surface area contributed by atoms with Crippen LogP contribution in [0.5, 0.6) is 0 Å². The lowest BCUT2D eigenvalue weighted by molar-refractivity contribution is -0.137. The summed E-state index contributed by atoms with van der Waals surface area (Å²) in [4.78, 5) is 12.1. The van der Waals surface area contributed by atoms with E-state index in [1.807, 2.05) is 13.8 Å². The Hall–Kier alpha value is -2.06. The highest BCUT2D eigenvalue weighted by Gasteiger charge is 2.31. The number of hydrogen-bond acceptors (Lipinski definition) is 3. The fourth-order valence-corrected chi connectivity index (χ4v) is 1.99. The van der Waals surface area contributed by atoms with Crippen molar-refractivity contribution in [3.05, 3.63) is 46.8 Å². The van der Waals surface area contributed by atoms with E-state index >= 15 is 0 Å². The van der Waals surface area contributed by atoms with Gasteiger partial charge in [0.2, 0.25) is 0 Å². The van der Waals surface area contributed by atoms with E-state index in [-0.39, 0.29) is 41.8 Å². The summed E-state index contributed by atoms with van der Waals surface area (Å²) < 4.78 is 38.6. The maximum absolute atomic E-state index is 12.9. The van der Waals surface area contributed by atoms with Crippen LogP contribution in [-0.4, -0.2) is 16.1 Å². The van der Waals surface area contributed by atoms with Crippen molar-refractivity contribution in [2.45, 2.75) is 32.5 Å². The third kappa shape index (κ3) is 4.72. The van der Waals surface area contributed by atoms with Gasteiger partial charge in [0.25, 0.3) is 5.91 Å². The largest absolute Gasteiger partial charge is 0.416 e. The number of amides is 1. The van der Waals surface area contributed by atoms with Crippen molar-refractivity contribution in [1.82, 2.24) is 10.2 Å². The van der Waals surface area contributed by atoms with Gasteiger partial charge in [0.05, 0.1) is 5.56 Å². The zero-order valence-electron chi connectivity index (χ0n) is 13.1. The number of hydrogen-bond donors (Lipinski definition) is 3. The van der Waals surface area contributed by atoms with Gasteiger partial charge in [-0.25, -0.2) is 0 Å². The van der Waals surface area contributed by atoms with Crippen LogP contribution < -0.4 is 11.1 Å². The number of carbonyl (C=O) groups is 1. The lowest BCUT2D eigenvalue weighted by atomic mass is 10.1. The molecule has 1 amide bonds. The molecule has 0 saturated heterocycles. The maximum Gasteiger partial charge on any atom is 0.416 e. The van der Waals surface area contributed by atoms with Gasteiger partial charge in [-0.1, -0.05) is 13.8 Å². The Kier molecular flexibility index (Phi) is 6.39. The minimum Gasteiger partial charge on any atom is -0.326 e. The van der Waals surface area contributed by atoms with Crippen molar-refractivity contribution in [2.75, 3.05) is 5.32 Å². The molecule has 0 aliphatic carbocycles. The minimum atomic E-state index is -4.51. The van der Waals surface area contributed by atoms with Gasteiger partial charge in [-0.05, 0) is 35.7 Å². The number of nitrogens with zero attached hydrogens (tertiary/aromatic N) is 1. The molecule has 9 heteroatoms. The second kappa shape index (κ2) is 7.67. The average molecular weight is 363 g/mol. The maximum atomic E-state index is 12.9. The molecular weight excluding hydrogens is 345 g/mol. The van der Waals surface area contributed by atoms with Crippen molar-refractivity contribution in [2.24, 2.45) is 5.73 Å². The van der Waals surface area contributed by atoms with Crippen LogP contribution in [0.25, 0.3) is 0 Å². The van der Waals surface area contributed by atoms with Crippen molar-refractivity contribution >= 4 is 24.0 Å². The van der Waals surface area contributed by atoms with Gasteiger partial charge in [-0.15, -0.1) is 12.4 Å². The van der Waals surface area contributed by atoms with Crippen LogP contribution in [-0.2, 0) is 12.7 Å². The molecule has 5 nitrogen and oxygen atoms in total. The first-order chi connectivity index (χ1) is 10.7. The predicted octanol–water partition coefficient (Wildman–Crippen LogP) is 3.68. The monoisotopic (exact) mass is 362 g/mol. The summed E-state index contributed by atoms with van der Waals surface area (Å²) in [6.45, 7) is 3.79. The minimum absolute atomic E-state index is 0. The van der Waals surface area contributed by atoms with Crippen LogP contribution in [0.2, 0.25) is 0 Å². The molecule has 2 aromatic rings. The summed E-state index contributed by atoms with van der Waals surface area (Å²) in [6.07, 6.45) is -4.51. The molecule has 0 atom stereocenters. The molecule has 1 aromatic heterocycles. The summed E-state index contributed by atoms with van der Waals surface area (Å²) >= 11 is 0. The Morgan fingerprint density at radius 3 is 2.46 bits per heavy atom. The Morgan fingerprint density at radius 1 is 1.29 bits per heavy atom. The Bertz CT molecular complexity index is 713. The van der Waals surface area contributed by atoms with E-state index in [4.69, 9.17) is 5.73 Å². The first kappa shape index (κ1) is 20.0. The summed E-state index contributed by atoms with van der Waals surface area (Å²) in [7, 11) is 0. The fraction of sp³-hybridized carbons (Fsp3) is 0.333. The number of benzene rings is 1. The highest BCUT2D eigenvalue weighted by molar-refractivity contribution is 6.03. The molecule has 0 unspecified atom stereocenters. The van der Waals surface area contributed by atoms with E-state index in [1.165, 1.54) is 6.07 Å². The van der Waals surface area contributed by atoms with Crippen molar-refractivity contribution < 1.29 is 18.0 Å². The Morgan fingerprint density at radius 2 is 1.96 bits per heavy atom. The first-order valence-electron chi connectivity index (χ1n) is 6.98. The normalized spacial score (nSPS) is 11.3. The quantitative estimate of drug-likeness (QED) is 0.775. The summed E-state index contributed by atoms with van der Waals surface area (Å²) in [5, 5.41) is 9.00. The van der Waals surface area contributed by atoms with Gasteiger partial charge < -0.3 is 11.1 Å². The molecule has 0 fully saturated rings. The van der Waals surface area contributed by atoms with Crippen molar-refractivity contribution in [1.29, 1.82) is 0 Å². The summed E-state index contributed by atoms with van der Waals surface area (Å²) in [6, 6.07) is 4.80. The number of anilines is 1. The molecule has 0 aliphatic rings. The molecule has 1 heterocycles. The topological polar surface area (TPSA) is 83.8 Å². The Labute approximate surface area is 143 Å². The zero-order chi connectivity index (χ0) is 17.2. The average Bonchev–Trinajstić information content (AvgIpc) is 2.96. The van der Waals surface area contributed by atoms with E-state index in [9.17, 15) is 18.0 Å². The summed E-state index contributed by atoms with van der Waals surface area (Å²) in [5.74, 6) is -0.433. The van der Waals surface area contributed by atoms with E-state index in [0.29, 0.717) is 0 Å². The standard InChI is InChI=1S/C15H17F3N4O.ClH/c1-8(2)12-6-13(22-21-12)14(23)20-11-4-9(7-19)3-10(5-11)15(16,17)18;/h3-6,8H,7,19H2,1-2H3,(H,20,23)(H,21,22);1H. The molecule has 1 aromatic carbocycles. The molecule has 132 valence electrons. The number of alkyl halides is 3. The van der Waals surface area contributed by atoms with Gasteiger partial charge in [0, 0.05) is 17.9 Å². The molecule has 4 N–H and O–H groups in total. The molecule has 0 saturated carbocycles.